The van der Waals surface area contributed by atoms with Gasteiger partial charge in [0.25, 0.3) is 0 Å². The highest BCUT2D eigenvalue weighted by atomic mass is 19.4. The van der Waals surface area contributed by atoms with Crippen molar-refractivity contribution in [2.45, 2.75) is 45.2 Å². The number of allylic oxidation sites excluding steroid dienone is 1. The lowest BCUT2D eigenvalue weighted by Gasteiger charge is -2.25. The molecule has 3 N–H and O–H groups in total. The molecule has 0 bridgehead atoms. The monoisotopic (exact) mass is 538 g/mol. The molecule has 2 aromatic rings. The van der Waals surface area contributed by atoms with Gasteiger partial charge in [0.05, 0.1) is 23.5 Å². The number of amides is 2. The number of carbonyl (C=O) groups is 2. The average molecular weight is 539 g/mol. The summed E-state index contributed by atoms with van der Waals surface area (Å²) in [6.45, 7) is 2.18. The lowest BCUT2D eigenvalue weighted by atomic mass is 9.78. The van der Waals surface area contributed by atoms with Crippen molar-refractivity contribution in [3.63, 3.8) is 0 Å². The zero-order valence-corrected chi connectivity index (χ0v) is 21.7. The zero-order chi connectivity index (χ0) is 28.4. The lowest BCUT2D eigenvalue weighted by Crippen LogP contribution is -2.36. The third-order valence-electron chi connectivity index (χ3n) is 7.19. The van der Waals surface area contributed by atoms with Crippen molar-refractivity contribution < 1.29 is 22.8 Å². The van der Waals surface area contributed by atoms with Gasteiger partial charge in [-0.2, -0.15) is 18.4 Å². The van der Waals surface area contributed by atoms with Crippen LogP contribution in [0.1, 0.15) is 48.1 Å². The minimum Gasteiger partial charge on any atom is -0.404 e. The van der Waals surface area contributed by atoms with E-state index >= 15 is 0 Å². The van der Waals surface area contributed by atoms with Crippen LogP contribution in [0.5, 0.6) is 0 Å². The number of anilines is 2. The first-order valence-electron chi connectivity index (χ1n) is 12.5. The molecule has 0 unspecified atom stereocenters. The van der Waals surface area contributed by atoms with E-state index in [2.05, 4.69) is 21.4 Å². The summed E-state index contributed by atoms with van der Waals surface area (Å²) in [6, 6.07) is 8.82. The maximum atomic E-state index is 13.6. The minimum absolute atomic E-state index is 0.0923. The normalized spacial score (nSPS) is 19.9. The molecule has 4 rings (SSSR count). The van der Waals surface area contributed by atoms with E-state index in [9.17, 15) is 28.0 Å². The van der Waals surface area contributed by atoms with Crippen LogP contribution >= 0.6 is 0 Å². The Morgan fingerprint density at radius 2 is 2.05 bits per heavy atom. The first-order valence-corrected chi connectivity index (χ1v) is 12.5. The Hall–Kier alpha value is -4.20. The SMILES string of the molecule is CN=CC(=CN)c1cc(CC(=O)Nc2cc(N3CC[C@@](CC#N)(C4CC4)C3=O)cc(C)n2)cc(C(F)(F)F)c1. The van der Waals surface area contributed by atoms with Crippen LogP contribution in [0.15, 0.2) is 41.5 Å². The average Bonchev–Trinajstić information content (AvgIpc) is 3.66. The predicted molar refractivity (Wildman–Crippen MR) is 142 cm³/mol. The van der Waals surface area contributed by atoms with E-state index in [0.29, 0.717) is 24.3 Å². The Morgan fingerprint density at radius 3 is 2.67 bits per heavy atom. The van der Waals surface area contributed by atoms with Gasteiger partial charge in [0.1, 0.15) is 5.82 Å². The van der Waals surface area contributed by atoms with Gasteiger partial charge in [-0.15, -0.1) is 0 Å². The number of hydrogen-bond acceptors (Lipinski definition) is 6. The molecule has 39 heavy (non-hydrogen) atoms. The molecule has 8 nitrogen and oxygen atoms in total. The molecule has 1 aromatic heterocycles. The van der Waals surface area contributed by atoms with E-state index in [1.165, 1.54) is 19.3 Å². The number of hydrogen-bond donors (Lipinski definition) is 2. The van der Waals surface area contributed by atoms with Crippen LogP contribution in [-0.4, -0.2) is 36.6 Å². The van der Waals surface area contributed by atoms with Crippen molar-refractivity contribution in [2.75, 3.05) is 23.8 Å². The van der Waals surface area contributed by atoms with Crippen molar-refractivity contribution in [1.82, 2.24) is 4.98 Å². The summed E-state index contributed by atoms with van der Waals surface area (Å²) in [7, 11) is 1.47. The van der Waals surface area contributed by atoms with Gasteiger partial charge in [0.15, 0.2) is 0 Å². The molecule has 1 saturated heterocycles. The number of aryl methyl sites for hydroxylation is 1. The molecule has 0 radical (unpaired) electrons. The van der Waals surface area contributed by atoms with Gasteiger partial charge >= 0.3 is 6.18 Å². The van der Waals surface area contributed by atoms with Crippen LogP contribution in [0, 0.1) is 29.6 Å². The van der Waals surface area contributed by atoms with Gasteiger partial charge in [0, 0.05) is 55.4 Å². The third kappa shape index (κ3) is 5.95. The van der Waals surface area contributed by atoms with Crippen molar-refractivity contribution in [3.05, 3.63) is 58.9 Å². The van der Waals surface area contributed by atoms with Gasteiger partial charge in [-0.3, -0.25) is 14.6 Å². The van der Waals surface area contributed by atoms with Gasteiger partial charge in [-0.05, 0) is 61.4 Å². The fourth-order valence-corrected chi connectivity index (χ4v) is 5.22. The van der Waals surface area contributed by atoms with Crippen molar-refractivity contribution in [3.8, 4) is 6.07 Å². The molecular formula is C28H29F3N6O2. The second-order valence-electron chi connectivity index (χ2n) is 9.97. The quantitative estimate of drug-likeness (QED) is 0.474. The number of carbonyl (C=O) groups excluding carboxylic acids is 2. The van der Waals surface area contributed by atoms with Crippen LogP contribution < -0.4 is 16.0 Å². The van der Waals surface area contributed by atoms with E-state index in [4.69, 9.17) is 5.73 Å². The highest BCUT2D eigenvalue weighted by molar-refractivity contribution is 6.09. The van der Waals surface area contributed by atoms with Crippen molar-refractivity contribution >= 4 is 35.1 Å². The molecule has 2 heterocycles. The summed E-state index contributed by atoms with van der Waals surface area (Å²) in [5, 5.41) is 12.0. The summed E-state index contributed by atoms with van der Waals surface area (Å²) in [6.07, 6.45) is 0.146. The number of aromatic nitrogens is 1. The number of nitrogens with zero attached hydrogens (tertiary/aromatic N) is 4. The number of nitriles is 1. The molecule has 204 valence electrons. The number of halogens is 3. The summed E-state index contributed by atoms with van der Waals surface area (Å²) in [5.74, 6) is -0.270. The first-order chi connectivity index (χ1) is 18.5. The Balaban J connectivity index is 1.56. The van der Waals surface area contributed by atoms with E-state index in [0.717, 1.165) is 31.2 Å². The van der Waals surface area contributed by atoms with Crippen LogP contribution in [0.4, 0.5) is 24.7 Å². The summed E-state index contributed by atoms with van der Waals surface area (Å²) >= 11 is 0. The number of rotatable bonds is 8. The zero-order valence-electron chi connectivity index (χ0n) is 21.7. The number of benzene rings is 1. The van der Waals surface area contributed by atoms with E-state index in [1.54, 1.807) is 24.0 Å². The van der Waals surface area contributed by atoms with Crippen LogP contribution in [0.2, 0.25) is 0 Å². The minimum atomic E-state index is -4.62. The maximum Gasteiger partial charge on any atom is 0.416 e. The molecule has 1 saturated carbocycles. The van der Waals surface area contributed by atoms with E-state index < -0.39 is 23.1 Å². The molecule has 11 heteroatoms. The smallest absolute Gasteiger partial charge is 0.404 e. The van der Waals surface area contributed by atoms with E-state index in [-0.39, 0.29) is 47.2 Å². The Labute approximate surface area is 224 Å². The number of nitrogens with two attached hydrogens (primary N) is 1. The van der Waals surface area contributed by atoms with Gasteiger partial charge in [0.2, 0.25) is 11.8 Å². The van der Waals surface area contributed by atoms with Crippen molar-refractivity contribution in [1.29, 1.82) is 5.26 Å². The Morgan fingerprint density at radius 1 is 1.31 bits per heavy atom. The number of aliphatic imine (C=N–C) groups is 1. The second kappa shape index (κ2) is 10.9. The largest absolute Gasteiger partial charge is 0.416 e. The van der Waals surface area contributed by atoms with Gasteiger partial charge < -0.3 is 16.0 Å². The van der Waals surface area contributed by atoms with Crippen LogP contribution in [-0.2, 0) is 22.2 Å². The second-order valence-corrected chi connectivity index (χ2v) is 9.97. The first kappa shape index (κ1) is 27.8. The fourth-order valence-electron chi connectivity index (χ4n) is 5.22. The number of alkyl halides is 3. The summed E-state index contributed by atoms with van der Waals surface area (Å²) in [4.78, 5) is 36.1. The molecular weight excluding hydrogens is 509 g/mol. The Kier molecular flexibility index (Phi) is 7.77. The maximum absolute atomic E-state index is 13.6. The number of pyridine rings is 1. The molecule has 1 aliphatic carbocycles. The van der Waals surface area contributed by atoms with Crippen LogP contribution in [0.25, 0.3) is 5.57 Å². The summed E-state index contributed by atoms with van der Waals surface area (Å²) in [5.41, 5.74) is 5.71. The fraction of sp³-hybridized carbons (Fsp3) is 0.393. The third-order valence-corrected chi connectivity index (χ3v) is 7.19. The molecule has 2 fully saturated rings. The van der Waals surface area contributed by atoms with Crippen molar-refractivity contribution in [2.24, 2.45) is 22.1 Å². The standard InChI is InChI=1S/C28H29F3N6O2/c1-17-9-23(37-8-6-27(5-7-32,26(37)39)21-3-4-21)14-24(35-17)36-25(38)12-18-10-19(20(15-33)16-34-2)13-22(11-18)28(29,30)31/h9-11,13-16,21H,3-6,8,12,33H2,1-2H3,(H,35,36,38)/t27-/m0/s1. The number of nitrogens with one attached hydrogen (secondary N) is 1. The molecule has 2 amide bonds. The topological polar surface area (TPSA) is 124 Å². The summed E-state index contributed by atoms with van der Waals surface area (Å²) < 4.78 is 40.7. The van der Waals surface area contributed by atoms with Gasteiger partial charge in [-0.1, -0.05) is 6.07 Å². The highest BCUT2D eigenvalue weighted by Crippen LogP contribution is 2.54. The molecule has 1 atom stereocenters. The van der Waals surface area contributed by atoms with Gasteiger partial charge in [-0.25, -0.2) is 4.98 Å². The molecule has 0 spiro atoms. The molecule has 1 aromatic carbocycles. The predicted octanol–water partition coefficient (Wildman–Crippen LogP) is 4.64. The van der Waals surface area contributed by atoms with Crippen LogP contribution in [0.3, 0.4) is 0 Å². The lowest BCUT2D eigenvalue weighted by molar-refractivity contribution is -0.137. The highest BCUT2D eigenvalue weighted by Gasteiger charge is 2.55. The molecule has 2 aliphatic rings. The Bertz CT molecular complexity index is 1390. The molecule has 1 aliphatic heterocycles. The van der Waals surface area contributed by atoms with E-state index in [1.807, 2.05) is 0 Å².